The van der Waals surface area contributed by atoms with Crippen LogP contribution in [0.15, 0.2) is 18.2 Å². The summed E-state index contributed by atoms with van der Waals surface area (Å²) in [4.78, 5) is 25.8. The van der Waals surface area contributed by atoms with Gasteiger partial charge in [0.1, 0.15) is 0 Å². The van der Waals surface area contributed by atoms with E-state index in [0.29, 0.717) is 12.6 Å². The lowest BCUT2D eigenvalue weighted by atomic mass is 10.1. The van der Waals surface area contributed by atoms with Crippen molar-refractivity contribution in [3.8, 4) is 0 Å². The van der Waals surface area contributed by atoms with Gasteiger partial charge in [-0.2, -0.15) is 0 Å². The fraction of sp³-hybridized carbons (Fsp3) is 0.556. The summed E-state index contributed by atoms with van der Waals surface area (Å²) < 4.78 is 0. The minimum Gasteiger partial charge on any atom is -0.338 e. The zero-order valence-corrected chi connectivity index (χ0v) is 14.3. The molecule has 1 aromatic carbocycles. The van der Waals surface area contributed by atoms with Crippen molar-refractivity contribution >= 4 is 11.9 Å². The molecule has 1 saturated carbocycles. The van der Waals surface area contributed by atoms with E-state index in [1.165, 1.54) is 16.7 Å². The Balaban J connectivity index is 1.90. The molecule has 1 aliphatic carbocycles. The van der Waals surface area contributed by atoms with Gasteiger partial charge in [0.25, 0.3) is 0 Å². The van der Waals surface area contributed by atoms with Gasteiger partial charge < -0.3 is 5.32 Å². The highest BCUT2D eigenvalue weighted by Crippen LogP contribution is 2.28. The number of hydrogen-bond donors (Lipinski definition) is 2. The summed E-state index contributed by atoms with van der Waals surface area (Å²) in [7, 11) is 0. The van der Waals surface area contributed by atoms with Crippen molar-refractivity contribution in [1.29, 1.82) is 0 Å². The monoisotopic (exact) mass is 317 g/mol. The second kappa shape index (κ2) is 8.11. The van der Waals surface area contributed by atoms with Crippen LogP contribution in [0.2, 0.25) is 0 Å². The Labute approximate surface area is 138 Å². The van der Waals surface area contributed by atoms with Crippen molar-refractivity contribution in [2.75, 3.05) is 13.1 Å². The van der Waals surface area contributed by atoms with Gasteiger partial charge in [0.2, 0.25) is 5.91 Å². The lowest BCUT2D eigenvalue weighted by Gasteiger charge is -2.21. The molecule has 2 rings (SSSR count). The summed E-state index contributed by atoms with van der Waals surface area (Å²) in [6.45, 7) is 7.76. The predicted octanol–water partition coefficient (Wildman–Crippen LogP) is 2.50. The number of hydrogen-bond acceptors (Lipinski definition) is 3. The molecule has 2 N–H and O–H groups in total. The predicted molar refractivity (Wildman–Crippen MR) is 91.2 cm³/mol. The third-order valence-electron chi connectivity index (χ3n) is 4.16. The molecule has 0 aliphatic heterocycles. The Bertz CT molecular complexity index is 567. The minimum atomic E-state index is -0.404. The minimum absolute atomic E-state index is 0.241. The van der Waals surface area contributed by atoms with E-state index in [1.807, 2.05) is 6.92 Å². The van der Waals surface area contributed by atoms with Gasteiger partial charge >= 0.3 is 6.03 Å². The molecule has 5 nitrogen and oxygen atoms in total. The third-order valence-corrected chi connectivity index (χ3v) is 4.16. The molecule has 1 aliphatic rings. The van der Waals surface area contributed by atoms with Crippen LogP contribution in [0.25, 0.3) is 0 Å². The van der Waals surface area contributed by atoms with Crippen LogP contribution in [0.1, 0.15) is 42.9 Å². The van der Waals surface area contributed by atoms with Crippen molar-refractivity contribution in [2.45, 2.75) is 52.6 Å². The van der Waals surface area contributed by atoms with Gasteiger partial charge in [-0.3, -0.25) is 15.0 Å². The number of urea groups is 1. The van der Waals surface area contributed by atoms with Gasteiger partial charge in [-0.1, -0.05) is 25.1 Å². The fourth-order valence-corrected chi connectivity index (χ4v) is 2.52. The average Bonchev–Trinajstić information content (AvgIpc) is 3.33. The van der Waals surface area contributed by atoms with E-state index in [0.717, 1.165) is 25.8 Å². The van der Waals surface area contributed by atoms with Crippen LogP contribution in [0.4, 0.5) is 4.79 Å². The van der Waals surface area contributed by atoms with Gasteiger partial charge in [0.15, 0.2) is 0 Å². The summed E-state index contributed by atoms with van der Waals surface area (Å²) in [5.41, 5.74) is 3.75. The smallest absolute Gasteiger partial charge is 0.321 e. The molecule has 0 radical (unpaired) electrons. The highest BCUT2D eigenvalue weighted by atomic mass is 16.2. The first-order chi connectivity index (χ1) is 11.0. The maximum atomic E-state index is 12.1. The molecule has 3 amide bonds. The second-order valence-corrected chi connectivity index (χ2v) is 6.36. The van der Waals surface area contributed by atoms with Gasteiger partial charge in [0.05, 0.1) is 6.54 Å². The van der Waals surface area contributed by atoms with E-state index < -0.39 is 6.03 Å². The fourth-order valence-electron chi connectivity index (χ4n) is 2.52. The molecular formula is C18H27N3O2. The van der Waals surface area contributed by atoms with Crippen molar-refractivity contribution in [3.05, 3.63) is 34.9 Å². The molecule has 5 heteroatoms. The number of amides is 3. The molecule has 0 saturated heterocycles. The highest BCUT2D eigenvalue weighted by Gasteiger charge is 2.30. The van der Waals surface area contributed by atoms with Crippen LogP contribution in [0.5, 0.6) is 0 Å². The highest BCUT2D eigenvalue weighted by molar-refractivity contribution is 5.95. The lowest BCUT2D eigenvalue weighted by Crippen LogP contribution is -2.45. The SMILES string of the molecule is CCCNC(=O)NC(=O)CN(Cc1ccc(C)c(C)c1)C1CC1. The van der Waals surface area contributed by atoms with Gasteiger partial charge in [-0.05, 0) is 49.8 Å². The Morgan fingerprint density at radius 1 is 1.22 bits per heavy atom. The molecule has 126 valence electrons. The average molecular weight is 317 g/mol. The number of carbonyl (C=O) groups is 2. The maximum Gasteiger partial charge on any atom is 0.321 e. The number of nitrogens with one attached hydrogen (secondary N) is 2. The Morgan fingerprint density at radius 2 is 1.96 bits per heavy atom. The number of imide groups is 1. The van der Waals surface area contributed by atoms with Gasteiger partial charge in [-0.25, -0.2) is 4.79 Å². The zero-order valence-electron chi connectivity index (χ0n) is 14.3. The van der Waals surface area contributed by atoms with Crippen LogP contribution in [-0.4, -0.2) is 36.0 Å². The van der Waals surface area contributed by atoms with E-state index >= 15 is 0 Å². The number of rotatable bonds is 7. The van der Waals surface area contributed by atoms with Gasteiger partial charge in [0, 0.05) is 19.1 Å². The summed E-state index contributed by atoms with van der Waals surface area (Å²) in [6.07, 6.45) is 3.10. The van der Waals surface area contributed by atoms with Crippen LogP contribution < -0.4 is 10.6 Å². The standard InChI is InChI=1S/C18H27N3O2/c1-4-9-19-18(23)20-17(22)12-21(16-7-8-16)11-15-6-5-13(2)14(3)10-15/h5-6,10,16H,4,7-9,11-12H2,1-3H3,(H2,19,20,22,23). The van der Waals surface area contributed by atoms with E-state index in [4.69, 9.17) is 0 Å². The third kappa shape index (κ3) is 5.67. The van der Waals surface area contributed by atoms with Crippen LogP contribution in [-0.2, 0) is 11.3 Å². The van der Waals surface area contributed by atoms with E-state index in [-0.39, 0.29) is 12.5 Å². The lowest BCUT2D eigenvalue weighted by molar-refractivity contribution is -0.121. The van der Waals surface area contributed by atoms with E-state index in [2.05, 4.69) is 47.6 Å². The Kier molecular flexibility index (Phi) is 6.16. The maximum absolute atomic E-state index is 12.1. The van der Waals surface area contributed by atoms with Crippen molar-refractivity contribution in [2.24, 2.45) is 0 Å². The van der Waals surface area contributed by atoms with Crippen molar-refractivity contribution in [1.82, 2.24) is 15.5 Å². The molecule has 1 fully saturated rings. The zero-order chi connectivity index (χ0) is 16.8. The second-order valence-electron chi connectivity index (χ2n) is 6.36. The molecule has 0 aromatic heterocycles. The molecule has 0 bridgehead atoms. The Morgan fingerprint density at radius 3 is 2.57 bits per heavy atom. The van der Waals surface area contributed by atoms with Crippen LogP contribution in [0, 0.1) is 13.8 Å². The molecule has 0 atom stereocenters. The molecule has 0 spiro atoms. The van der Waals surface area contributed by atoms with Crippen LogP contribution >= 0.6 is 0 Å². The van der Waals surface area contributed by atoms with Gasteiger partial charge in [-0.15, -0.1) is 0 Å². The van der Waals surface area contributed by atoms with Crippen LogP contribution in [0.3, 0.4) is 0 Å². The molecule has 0 heterocycles. The molecule has 0 unspecified atom stereocenters. The number of nitrogens with zero attached hydrogens (tertiary/aromatic N) is 1. The van der Waals surface area contributed by atoms with Crippen molar-refractivity contribution < 1.29 is 9.59 Å². The largest absolute Gasteiger partial charge is 0.338 e. The number of carbonyl (C=O) groups excluding carboxylic acids is 2. The molecule has 23 heavy (non-hydrogen) atoms. The number of benzene rings is 1. The summed E-state index contributed by atoms with van der Waals surface area (Å²) in [6, 6.07) is 6.47. The first-order valence-electron chi connectivity index (χ1n) is 8.37. The molecule has 1 aromatic rings. The first kappa shape index (κ1) is 17.5. The molecular weight excluding hydrogens is 290 g/mol. The van der Waals surface area contributed by atoms with Crippen molar-refractivity contribution in [3.63, 3.8) is 0 Å². The number of aryl methyl sites for hydroxylation is 2. The normalized spacial score (nSPS) is 13.9. The topological polar surface area (TPSA) is 61.4 Å². The van der Waals surface area contributed by atoms with E-state index in [1.54, 1.807) is 0 Å². The summed E-state index contributed by atoms with van der Waals surface area (Å²) in [5, 5.41) is 5.06. The first-order valence-corrected chi connectivity index (χ1v) is 8.37. The summed E-state index contributed by atoms with van der Waals surface area (Å²) in [5.74, 6) is -0.241. The summed E-state index contributed by atoms with van der Waals surface area (Å²) >= 11 is 0. The van der Waals surface area contributed by atoms with E-state index in [9.17, 15) is 9.59 Å². The quantitative estimate of drug-likeness (QED) is 0.812. The Hall–Kier alpha value is -1.88.